The largest absolute Gasteiger partial charge is 0.377 e. The number of aryl methyl sites for hydroxylation is 1. The Kier molecular flexibility index (Phi) is 5.66. The number of morpholine rings is 1. The van der Waals surface area contributed by atoms with Crippen LogP contribution in [0, 0.1) is 12.7 Å². The molecule has 1 aliphatic heterocycles. The molecule has 0 saturated carbocycles. The summed E-state index contributed by atoms with van der Waals surface area (Å²) in [5, 5.41) is 12.2. The molecule has 0 bridgehead atoms. The van der Waals surface area contributed by atoms with Crippen molar-refractivity contribution in [1.82, 2.24) is 30.0 Å². The second kappa shape index (κ2) is 8.91. The Bertz CT molecular complexity index is 1260. The van der Waals surface area contributed by atoms with E-state index in [2.05, 4.69) is 20.3 Å². The fourth-order valence-corrected chi connectivity index (χ4v) is 4.00. The molecular formula is C23H21FN6O3. The molecular weight excluding hydrogens is 427 g/mol. The Morgan fingerprint density at radius 3 is 2.82 bits per heavy atom. The molecule has 10 heteroatoms. The summed E-state index contributed by atoms with van der Waals surface area (Å²) < 4.78 is 25.1. The van der Waals surface area contributed by atoms with Gasteiger partial charge in [0.2, 0.25) is 12.2 Å². The van der Waals surface area contributed by atoms with E-state index in [1.807, 2.05) is 25.1 Å². The summed E-state index contributed by atoms with van der Waals surface area (Å²) >= 11 is 0. The number of rotatable bonds is 5. The Morgan fingerprint density at radius 2 is 2.03 bits per heavy atom. The van der Waals surface area contributed by atoms with Crippen molar-refractivity contribution in [2.24, 2.45) is 0 Å². The summed E-state index contributed by atoms with van der Waals surface area (Å²) in [7, 11) is 0. The number of nitrogens with zero attached hydrogens (tertiary/aromatic N) is 6. The zero-order valence-corrected chi connectivity index (χ0v) is 17.9. The van der Waals surface area contributed by atoms with Crippen molar-refractivity contribution in [3.05, 3.63) is 77.7 Å². The van der Waals surface area contributed by atoms with Gasteiger partial charge in [-0.05, 0) is 49.2 Å². The van der Waals surface area contributed by atoms with Crippen LogP contribution in [0.2, 0.25) is 0 Å². The van der Waals surface area contributed by atoms with Crippen molar-refractivity contribution < 1.29 is 18.4 Å². The van der Waals surface area contributed by atoms with Crippen LogP contribution in [-0.2, 0) is 11.2 Å². The quantitative estimate of drug-likeness (QED) is 0.463. The molecule has 0 spiro atoms. The highest BCUT2D eigenvalue weighted by Crippen LogP contribution is 2.24. The van der Waals surface area contributed by atoms with E-state index in [1.54, 1.807) is 29.4 Å². The van der Waals surface area contributed by atoms with E-state index in [9.17, 15) is 9.18 Å². The topological polar surface area (TPSA) is 99.2 Å². The Hall–Kier alpha value is -3.92. The maximum Gasteiger partial charge on any atom is 0.256 e. The van der Waals surface area contributed by atoms with Gasteiger partial charge < -0.3 is 14.2 Å². The van der Waals surface area contributed by atoms with E-state index in [1.165, 1.54) is 17.3 Å². The predicted octanol–water partition coefficient (Wildman–Crippen LogP) is 2.85. The highest BCUT2D eigenvalue weighted by atomic mass is 19.1. The molecule has 1 saturated heterocycles. The Morgan fingerprint density at radius 1 is 1.18 bits per heavy atom. The van der Waals surface area contributed by atoms with Gasteiger partial charge in [-0.3, -0.25) is 4.79 Å². The van der Waals surface area contributed by atoms with Crippen LogP contribution < -0.4 is 0 Å². The smallest absolute Gasteiger partial charge is 0.256 e. The molecule has 3 heterocycles. The SMILES string of the molecule is Cc1ccc(-n2nccn2)c(C(=O)N2CCOC[C@H]2Cc2cc(-c3ncon3)ccc2F)c1. The molecule has 1 amide bonds. The number of benzene rings is 2. The van der Waals surface area contributed by atoms with E-state index in [0.29, 0.717) is 48.0 Å². The fourth-order valence-electron chi connectivity index (χ4n) is 4.00. The lowest BCUT2D eigenvalue weighted by Gasteiger charge is -2.36. The number of carbonyl (C=O) groups excluding carboxylic acids is 1. The van der Waals surface area contributed by atoms with Crippen molar-refractivity contribution in [2.45, 2.75) is 19.4 Å². The number of carbonyl (C=O) groups is 1. The van der Waals surface area contributed by atoms with Crippen LogP contribution in [0.5, 0.6) is 0 Å². The van der Waals surface area contributed by atoms with Gasteiger partial charge in [0.1, 0.15) is 5.82 Å². The van der Waals surface area contributed by atoms with E-state index < -0.39 is 0 Å². The van der Waals surface area contributed by atoms with Gasteiger partial charge in [-0.2, -0.15) is 20.0 Å². The van der Waals surface area contributed by atoms with E-state index in [0.717, 1.165) is 5.56 Å². The van der Waals surface area contributed by atoms with E-state index in [4.69, 9.17) is 9.26 Å². The summed E-state index contributed by atoms with van der Waals surface area (Å²) in [6, 6.07) is 9.87. The van der Waals surface area contributed by atoms with Crippen LogP contribution >= 0.6 is 0 Å². The predicted molar refractivity (Wildman–Crippen MR) is 115 cm³/mol. The van der Waals surface area contributed by atoms with Gasteiger partial charge in [0.15, 0.2) is 0 Å². The van der Waals surface area contributed by atoms with Gasteiger partial charge in [0.05, 0.1) is 42.9 Å². The number of hydrogen-bond donors (Lipinski definition) is 0. The molecule has 2 aromatic carbocycles. The van der Waals surface area contributed by atoms with Gasteiger partial charge in [0, 0.05) is 12.1 Å². The monoisotopic (exact) mass is 448 g/mol. The second-order valence-corrected chi connectivity index (χ2v) is 7.83. The molecule has 0 unspecified atom stereocenters. The van der Waals surface area contributed by atoms with Gasteiger partial charge in [-0.15, -0.1) is 0 Å². The lowest BCUT2D eigenvalue weighted by molar-refractivity contribution is -0.00185. The zero-order valence-electron chi connectivity index (χ0n) is 17.9. The molecule has 2 aromatic heterocycles. The lowest BCUT2D eigenvalue weighted by atomic mass is 9.99. The highest BCUT2D eigenvalue weighted by molar-refractivity contribution is 5.98. The minimum Gasteiger partial charge on any atom is -0.377 e. The van der Waals surface area contributed by atoms with Crippen LogP contribution in [0.1, 0.15) is 21.5 Å². The molecule has 1 atom stereocenters. The van der Waals surface area contributed by atoms with Crippen LogP contribution in [0.15, 0.2) is 59.7 Å². The first kappa shape index (κ1) is 21.0. The van der Waals surface area contributed by atoms with Crippen molar-refractivity contribution in [2.75, 3.05) is 19.8 Å². The molecule has 9 nitrogen and oxygen atoms in total. The Balaban J connectivity index is 1.46. The Labute approximate surface area is 188 Å². The molecule has 0 N–H and O–H groups in total. The highest BCUT2D eigenvalue weighted by Gasteiger charge is 2.31. The summed E-state index contributed by atoms with van der Waals surface area (Å²) in [5.41, 5.74) is 3.10. The second-order valence-electron chi connectivity index (χ2n) is 7.83. The minimum absolute atomic E-state index is 0.172. The number of amides is 1. The molecule has 4 aromatic rings. The first-order chi connectivity index (χ1) is 16.1. The molecule has 0 radical (unpaired) electrons. The van der Waals surface area contributed by atoms with Gasteiger partial charge in [-0.25, -0.2) is 4.39 Å². The zero-order chi connectivity index (χ0) is 22.8. The summed E-state index contributed by atoms with van der Waals surface area (Å²) in [6.45, 7) is 3.04. The number of halogens is 1. The number of aromatic nitrogens is 5. The summed E-state index contributed by atoms with van der Waals surface area (Å²) in [6.07, 6.45) is 4.63. The van der Waals surface area contributed by atoms with Gasteiger partial charge in [-0.1, -0.05) is 16.8 Å². The summed E-state index contributed by atoms with van der Waals surface area (Å²) in [5.74, 6) is -0.161. The van der Waals surface area contributed by atoms with Crippen LogP contribution in [0.3, 0.4) is 0 Å². The van der Waals surface area contributed by atoms with Crippen LogP contribution in [0.25, 0.3) is 17.1 Å². The van der Waals surface area contributed by atoms with E-state index >= 15 is 0 Å². The third kappa shape index (κ3) is 4.24. The first-order valence-electron chi connectivity index (χ1n) is 10.5. The third-order valence-corrected chi connectivity index (χ3v) is 5.63. The molecule has 1 aliphatic rings. The maximum absolute atomic E-state index is 14.7. The van der Waals surface area contributed by atoms with Crippen molar-refractivity contribution >= 4 is 5.91 Å². The van der Waals surface area contributed by atoms with E-state index in [-0.39, 0.29) is 24.2 Å². The molecule has 0 aliphatic carbocycles. The van der Waals surface area contributed by atoms with Crippen molar-refractivity contribution in [3.8, 4) is 17.1 Å². The first-order valence-corrected chi connectivity index (χ1v) is 10.5. The van der Waals surface area contributed by atoms with Crippen molar-refractivity contribution in [3.63, 3.8) is 0 Å². The average Bonchev–Trinajstić information content (AvgIpc) is 3.55. The maximum atomic E-state index is 14.7. The van der Waals surface area contributed by atoms with Gasteiger partial charge in [0.25, 0.3) is 5.91 Å². The third-order valence-electron chi connectivity index (χ3n) is 5.63. The normalized spacial score (nSPS) is 16.2. The minimum atomic E-state index is -0.364. The standard InChI is InChI=1S/C23H21FN6O3/c1-15-2-5-21(30-26-6-7-27-30)19(10-15)23(31)29-8-9-32-13-18(29)12-17-11-16(3-4-20(17)24)22-25-14-33-28-22/h2-7,10-11,14,18H,8-9,12-13H2,1H3/t18-/m1/s1. The molecule has 1 fully saturated rings. The van der Waals surface area contributed by atoms with Crippen LogP contribution in [0.4, 0.5) is 4.39 Å². The molecule has 33 heavy (non-hydrogen) atoms. The average molecular weight is 448 g/mol. The molecule has 5 rings (SSSR count). The lowest BCUT2D eigenvalue weighted by Crippen LogP contribution is -2.50. The fraction of sp³-hybridized carbons (Fsp3) is 0.261. The van der Waals surface area contributed by atoms with Crippen LogP contribution in [-0.4, -0.2) is 61.7 Å². The number of hydrogen-bond acceptors (Lipinski definition) is 7. The molecule has 168 valence electrons. The summed E-state index contributed by atoms with van der Waals surface area (Å²) in [4.78, 5) is 20.9. The van der Waals surface area contributed by atoms with Gasteiger partial charge >= 0.3 is 0 Å². The van der Waals surface area contributed by atoms with Crippen molar-refractivity contribution in [1.29, 1.82) is 0 Å². The number of ether oxygens (including phenoxy) is 1.